The Hall–Kier alpha value is -0.570. The van der Waals surface area contributed by atoms with Gasteiger partial charge in [0.1, 0.15) is 0 Å². The van der Waals surface area contributed by atoms with Crippen LogP contribution in [0.15, 0.2) is 0 Å². The Bertz CT molecular complexity index is 210. The summed E-state index contributed by atoms with van der Waals surface area (Å²) in [6, 6.07) is 0.966. The molecule has 1 amide bonds. The lowest BCUT2D eigenvalue weighted by molar-refractivity contribution is -0.122. The number of nitrogens with zero attached hydrogens (tertiary/aromatic N) is 1. The Kier molecular flexibility index (Phi) is 5.81. The Labute approximate surface area is 99.6 Å². The molecule has 1 aliphatic rings. The number of hydrogen-bond donors (Lipinski definition) is 1. The van der Waals surface area contributed by atoms with Gasteiger partial charge in [-0.05, 0) is 33.7 Å². The first-order valence-corrected chi connectivity index (χ1v) is 6.59. The zero-order valence-electron chi connectivity index (χ0n) is 11.0. The van der Waals surface area contributed by atoms with Crippen LogP contribution < -0.4 is 5.32 Å². The Balaban J connectivity index is 2.18. The predicted molar refractivity (Wildman–Crippen MR) is 67.4 cm³/mol. The molecule has 3 heteroatoms. The molecule has 1 saturated carbocycles. The van der Waals surface area contributed by atoms with Crippen molar-refractivity contribution in [2.45, 2.75) is 64.5 Å². The van der Waals surface area contributed by atoms with Crippen molar-refractivity contribution in [1.29, 1.82) is 0 Å². The van der Waals surface area contributed by atoms with E-state index in [1.54, 1.807) is 0 Å². The molecule has 0 aliphatic heterocycles. The number of rotatable bonds is 5. The maximum atomic E-state index is 11.5. The number of nitrogens with one attached hydrogen (secondary N) is 1. The van der Waals surface area contributed by atoms with E-state index in [1.807, 2.05) is 13.8 Å². The average Bonchev–Trinajstić information content (AvgIpc) is 2.26. The lowest BCUT2D eigenvalue weighted by Crippen LogP contribution is -2.37. The first-order chi connectivity index (χ1) is 7.59. The zero-order valence-corrected chi connectivity index (χ0v) is 11.0. The molecule has 0 bridgehead atoms. The van der Waals surface area contributed by atoms with Gasteiger partial charge in [0, 0.05) is 25.0 Å². The van der Waals surface area contributed by atoms with Crippen LogP contribution in [0.5, 0.6) is 0 Å². The second-order valence-corrected chi connectivity index (χ2v) is 5.24. The van der Waals surface area contributed by atoms with Crippen LogP contribution >= 0.6 is 0 Å². The van der Waals surface area contributed by atoms with Crippen LogP contribution in [-0.4, -0.2) is 36.5 Å². The molecule has 0 heterocycles. The first kappa shape index (κ1) is 13.5. The number of amides is 1. The van der Waals surface area contributed by atoms with Gasteiger partial charge in [-0.1, -0.05) is 19.3 Å². The molecule has 0 unspecified atom stereocenters. The fraction of sp³-hybridized carbons (Fsp3) is 0.923. The lowest BCUT2D eigenvalue weighted by Gasteiger charge is -2.31. The monoisotopic (exact) mass is 226 g/mol. The maximum absolute atomic E-state index is 11.5. The molecule has 1 fully saturated rings. The van der Waals surface area contributed by atoms with Gasteiger partial charge in [0.15, 0.2) is 0 Å². The van der Waals surface area contributed by atoms with Crippen LogP contribution in [0.3, 0.4) is 0 Å². The highest BCUT2D eigenvalue weighted by molar-refractivity contribution is 5.76. The van der Waals surface area contributed by atoms with Gasteiger partial charge in [-0.3, -0.25) is 4.79 Å². The molecule has 0 saturated heterocycles. The van der Waals surface area contributed by atoms with Crippen molar-refractivity contribution in [2.24, 2.45) is 0 Å². The SMILES string of the molecule is CC(C)NC(=O)CCN(C)C1CCCCC1. The third-order valence-electron chi connectivity index (χ3n) is 3.34. The summed E-state index contributed by atoms with van der Waals surface area (Å²) < 4.78 is 0. The molecular weight excluding hydrogens is 200 g/mol. The third-order valence-corrected chi connectivity index (χ3v) is 3.34. The molecule has 0 atom stereocenters. The minimum Gasteiger partial charge on any atom is -0.354 e. The molecule has 0 aromatic heterocycles. The minimum absolute atomic E-state index is 0.178. The van der Waals surface area contributed by atoms with Gasteiger partial charge in [0.2, 0.25) is 5.91 Å². The second kappa shape index (κ2) is 6.89. The van der Waals surface area contributed by atoms with Gasteiger partial charge in [0.25, 0.3) is 0 Å². The second-order valence-electron chi connectivity index (χ2n) is 5.24. The van der Waals surface area contributed by atoms with Gasteiger partial charge in [-0.25, -0.2) is 0 Å². The van der Waals surface area contributed by atoms with Crippen LogP contribution in [0.4, 0.5) is 0 Å². The van der Waals surface area contributed by atoms with Crippen LogP contribution in [0, 0.1) is 0 Å². The van der Waals surface area contributed by atoms with Gasteiger partial charge in [0.05, 0.1) is 0 Å². The van der Waals surface area contributed by atoms with Gasteiger partial charge in [-0.2, -0.15) is 0 Å². The molecule has 0 aromatic rings. The highest BCUT2D eigenvalue weighted by Crippen LogP contribution is 2.21. The molecule has 1 rings (SSSR count). The Morgan fingerprint density at radius 2 is 1.94 bits per heavy atom. The van der Waals surface area contributed by atoms with E-state index in [4.69, 9.17) is 0 Å². The molecule has 3 nitrogen and oxygen atoms in total. The molecular formula is C13H26N2O. The molecule has 94 valence electrons. The largest absolute Gasteiger partial charge is 0.354 e. The lowest BCUT2D eigenvalue weighted by atomic mass is 9.94. The van der Waals surface area contributed by atoms with Gasteiger partial charge < -0.3 is 10.2 Å². The molecule has 1 N–H and O–H groups in total. The zero-order chi connectivity index (χ0) is 12.0. The van der Waals surface area contributed by atoms with E-state index in [2.05, 4.69) is 17.3 Å². The number of hydrogen-bond acceptors (Lipinski definition) is 2. The Morgan fingerprint density at radius 1 is 1.31 bits per heavy atom. The van der Waals surface area contributed by atoms with E-state index < -0.39 is 0 Å². The van der Waals surface area contributed by atoms with E-state index >= 15 is 0 Å². The number of carbonyl (C=O) groups excluding carboxylic acids is 1. The summed E-state index contributed by atoms with van der Waals surface area (Å²) in [6.45, 7) is 4.90. The van der Waals surface area contributed by atoms with Gasteiger partial charge in [-0.15, -0.1) is 0 Å². The van der Waals surface area contributed by atoms with Crippen LogP contribution in [-0.2, 0) is 4.79 Å². The highest BCUT2D eigenvalue weighted by Gasteiger charge is 2.18. The van der Waals surface area contributed by atoms with Crippen LogP contribution in [0.2, 0.25) is 0 Å². The van der Waals surface area contributed by atoms with Crippen molar-refractivity contribution >= 4 is 5.91 Å². The highest BCUT2D eigenvalue weighted by atomic mass is 16.1. The minimum atomic E-state index is 0.178. The topological polar surface area (TPSA) is 32.3 Å². The van der Waals surface area contributed by atoms with Gasteiger partial charge >= 0.3 is 0 Å². The summed E-state index contributed by atoms with van der Waals surface area (Å²) in [7, 11) is 2.15. The summed E-state index contributed by atoms with van der Waals surface area (Å²) in [4.78, 5) is 13.9. The molecule has 0 spiro atoms. The van der Waals surface area contributed by atoms with Crippen LogP contribution in [0.25, 0.3) is 0 Å². The third kappa shape index (κ3) is 4.97. The predicted octanol–water partition coefficient (Wildman–Crippen LogP) is 2.17. The van der Waals surface area contributed by atoms with E-state index in [-0.39, 0.29) is 11.9 Å². The fourth-order valence-electron chi connectivity index (χ4n) is 2.38. The van der Waals surface area contributed by atoms with Crippen molar-refractivity contribution in [3.63, 3.8) is 0 Å². The molecule has 0 aromatic carbocycles. The van der Waals surface area contributed by atoms with Crippen molar-refractivity contribution in [1.82, 2.24) is 10.2 Å². The standard InChI is InChI=1S/C13H26N2O/c1-11(2)14-13(16)9-10-15(3)12-7-5-4-6-8-12/h11-12H,4-10H2,1-3H3,(H,14,16). The molecule has 1 aliphatic carbocycles. The van der Waals surface area contributed by atoms with Crippen molar-refractivity contribution in [2.75, 3.05) is 13.6 Å². The molecule has 16 heavy (non-hydrogen) atoms. The quantitative estimate of drug-likeness (QED) is 0.779. The van der Waals surface area contributed by atoms with E-state index in [1.165, 1.54) is 32.1 Å². The summed E-state index contributed by atoms with van der Waals surface area (Å²) in [6.07, 6.45) is 7.34. The van der Waals surface area contributed by atoms with E-state index in [0.717, 1.165) is 6.54 Å². The first-order valence-electron chi connectivity index (χ1n) is 6.59. The van der Waals surface area contributed by atoms with Crippen molar-refractivity contribution in [3.8, 4) is 0 Å². The summed E-state index contributed by atoms with van der Waals surface area (Å²) in [5, 5.41) is 2.94. The average molecular weight is 226 g/mol. The maximum Gasteiger partial charge on any atom is 0.221 e. The van der Waals surface area contributed by atoms with Crippen LogP contribution in [0.1, 0.15) is 52.4 Å². The smallest absolute Gasteiger partial charge is 0.221 e. The summed E-state index contributed by atoms with van der Waals surface area (Å²) in [5.74, 6) is 0.178. The van der Waals surface area contributed by atoms with E-state index in [0.29, 0.717) is 12.5 Å². The molecule has 0 radical (unpaired) electrons. The van der Waals surface area contributed by atoms with Crippen molar-refractivity contribution < 1.29 is 4.79 Å². The Morgan fingerprint density at radius 3 is 2.50 bits per heavy atom. The normalized spacial score (nSPS) is 18.1. The van der Waals surface area contributed by atoms with Crippen molar-refractivity contribution in [3.05, 3.63) is 0 Å². The number of carbonyl (C=O) groups is 1. The summed E-state index contributed by atoms with van der Waals surface area (Å²) >= 11 is 0. The van der Waals surface area contributed by atoms with E-state index in [9.17, 15) is 4.79 Å². The summed E-state index contributed by atoms with van der Waals surface area (Å²) in [5.41, 5.74) is 0. The fourth-order valence-corrected chi connectivity index (χ4v) is 2.38.